The number of benzene rings is 2. The number of para-hydroxylation sites is 1. The molecule has 0 amide bonds. The number of carbonyl (C=O) groups is 1. The summed E-state index contributed by atoms with van der Waals surface area (Å²) in [6, 6.07) is 11.7. The largest absolute Gasteiger partial charge is 0.292 e. The second kappa shape index (κ2) is 6.14. The van der Waals surface area contributed by atoms with Crippen molar-refractivity contribution < 1.29 is 4.79 Å². The third-order valence-electron chi connectivity index (χ3n) is 3.60. The second-order valence-corrected chi connectivity index (χ2v) is 5.93. The van der Waals surface area contributed by atoms with Gasteiger partial charge in [-0.1, -0.05) is 35.3 Å². The van der Waals surface area contributed by atoms with Crippen molar-refractivity contribution in [1.82, 2.24) is 9.55 Å². The van der Waals surface area contributed by atoms with Crippen molar-refractivity contribution in [2.24, 2.45) is 0 Å². The van der Waals surface area contributed by atoms with Crippen molar-refractivity contribution in [3.8, 4) is 0 Å². The number of aromatic nitrogens is 2. The zero-order chi connectivity index (χ0) is 16.6. The van der Waals surface area contributed by atoms with E-state index >= 15 is 0 Å². The minimum atomic E-state index is -0.235. The summed E-state index contributed by atoms with van der Waals surface area (Å²) in [5, 5.41) is 1.17. The van der Waals surface area contributed by atoms with Gasteiger partial charge >= 0.3 is 0 Å². The van der Waals surface area contributed by atoms with Gasteiger partial charge in [-0.15, -0.1) is 0 Å². The lowest BCUT2D eigenvalue weighted by Gasteiger charge is -2.10. The molecule has 2 aromatic carbocycles. The van der Waals surface area contributed by atoms with Gasteiger partial charge in [0.1, 0.15) is 5.82 Å². The monoisotopic (exact) mass is 346 g/mol. The lowest BCUT2D eigenvalue weighted by atomic mass is 10.1. The number of carbonyl (C=O) groups excluding carboxylic acids is 1. The van der Waals surface area contributed by atoms with Crippen LogP contribution in [0.25, 0.3) is 10.9 Å². The predicted molar refractivity (Wildman–Crippen MR) is 91.5 cm³/mol. The van der Waals surface area contributed by atoms with Crippen molar-refractivity contribution in [3.05, 3.63) is 74.3 Å². The van der Waals surface area contributed by atoms with Gasteiger partial charge in [-0.3, -0.25) is 14.2 Å². The molecule has 0 N–H and O–H groups in total. The van der Waals surface area contributed by atoms with E-state index in [9.17, 15) is 9.59 Å². The van der Waals surface area contributed by atoms with E-state index in [1.54, 1.807) is 37.3 Å². The molecule has 0 fully saturated rings. The van der Waals surface area contributed by atoms with Gasteiger partial charge in [0.25, 0.3) is 5.56 Å². The molecule has 0 bridgehead atoms. The number of aryl methyl sites for hydroxylation is 1. The lowest BCUT2D eigenvalue weighted by Crippen LogP contribution is -2.27. The Morgan fingerprint density at radius 1 is 1.13 bits per heavy atom. The molecule has 0 unspecified atom stereocenters. The molecule has 0 saturated heterocycles. The summed E-state index contributed by atoms with van der Waals surface area (Å²) in [4.78, 5) is 29.4. The molecule has 0 aliphatic carbocycles. The number of rotatable bonds is 3. The fraction of sp³-hybridized carbons (Fsp3) is 0.118. The van der Waals surface area contributed by atoms with Crippen LogP contribution in [0.2, 0.25) is 10.0 Å². The summed E-state index contributed by atoms with van der Waals surface area (Å²) in [5.74, 6) is 0.257. The topological polar surface area (TPSA) is 52.0 Å². The fourth-order valence-electron chi connectivity index (χ4n) is 2.37. The molecule has 0 spiro atoms. The summed E-state index contributed by atoms with van der Waals surface area (Å²) in [6.07, 6.45) is 0. The van der Waals surface area contributed by atoms with Gasteiger partial charge in [0.15, 0.2) is 5.78 Å². The van der Waals surface area contributed by atoms with Crippen molar-refractivity contribution in [2.75, 3.05) is 0 Å². The fourth-order valence-corrected chi connectivity index (χ4v) is 2.67. The average Bonchev–Trinajstić information content (AvgIpc) is 2.54. The van der Waals surface area contributed by atoms with Crippen LogP contribution in [-0.2, 0) is 6.54 Å². The zero-order valence-corrected chi connectivity index (χ0v) is 13.7. The standard InChI is InChI=1S/C17H12Cl2N2O2/c1-10-20-15-5-3-2-4-12(15)17(23)21(10)9-16(22)11-6-7-13(18)14(19)8-11/h2-8H,9H2,1H3. The third kappa shape index (κ3) is 3.00. The molecule has 4 nitrogen and oxygen atoms in total. The molecule has 0 radical (unpaired) electrons. The van der Waals surface area contributed by atoms with Gasteiger partial charge < -0.3 is 0 Å². The van der Waals surface area contributed by atoms with Crippen LogP contribution in [0.4, 0.5) is 0 Å². The van der Waals surface area contributed by atoms with Gasteiger partial charge in [0, 0.05) is 5.56 Å². The number of hydrogen-bond acceptors (Lipinski definition) is 3. The van der Waals surface area contributed by atoms with Crippen LogP contribution in [0.5, 0.6) is 0 Å². The number of hydrogen-bond donors (Lipinski definition) is 0. The van der Waals surface area contributed by atoms with Gasteiger partial charge in [0.05, 0.1) is 27.5 Å². The summed E-state index contributed by atoms with van der Waals surface area (Å²) in [7, 11) is 0. The molecule has 116 valence electrons. The van der Waals surface area contributed by atoms with Crippen molar-refractivity contribution in [2.45, 2.75) is 13.5 Å². The Balaban J connectivity index is 2.02. The summed E-state index contributed by atoms with van der Waals surface area (Å²) in [5.41, 5.74) is 0.786. The number of halogens is 2. The molecular weight excluding hydrogens is 335 g/mol. The van der Waals surface area contributed by atoms with Crippen LogP contribution >= 0.6 is 23.2 Å². The molecule has 1 aromatic heterocycles. The van der Waals surface area contributed by atoms with E-state index < -0.39 is 0 Å². The van der Waals surface area contributed by atoms with E-state index in [-0.39, 0.29) is 17.9 Å². The Morgan fingerprint density at radius 2 is 1.87 bits per heavy atom. The SMILES string of the molecule is Cc1nc2ccccc2c(=O)n1CC(=O)c1ccc(Cl)c(Cl)c1. The smallest absolute Gasteiger partial charge is 0.261 e. The van der Waals surface area contributed by atoms with Crippen LogP contribution in [0.1, 0.15) is 16.2 Å². The molecule has 1 heterocycles. The van der Waals surface area contributed by atoms with Crippen LogP contribution in [0.3, 0.4) is 0 Å². The maximum atomic E-state index is 12.6. The Hall–Kier alpha value is -2.17. The third-order valence-corrected chi connectivity index (χ3v) is 4.33. The zero-order valence-electron chi connectivity index (χ0n) is 12.2. The van der Waals surface area contributed by atoms with Gasteiger partial charge in [-0.05, 0) is 37.3 Å². The maximum Gasteiger partial charge on any atom is 0.261 e. The summed E-state index contributed by atoms with van der Waals surface area (Å²) in [6.45, 7) is 1.61. The molecule has 0 aliphatic heterocycles. The first kappa shape index (κ1) is 15.7. The van der Waals surface area contributed by atoms with Gasteiger partial charge in [-0.25, -0.2) is 4.98 Å². The van der Waals surface area contributed by atoms with Crippen LogP contribution in [-0.4, -0.2) is 15.3 Å². The Labute approximate surface area is 142 Å². The van der Waals surface area contributed by atoms with Gasteiger partial charge in [0.2, 0.25) is 0 Å². The number of nitrogens with zero attached hydrogens (tertiary/aromatic N) is 2. The average molecular weight is 347 g/mol. The molecule has 0 atom stereocenters. The summed E-state index contributed by atoms with van der Waals surface area (Å²) < 4.78 is 1.37. The van der Waals surface area contributed by atoms with Crippen LogP contribution in [0, 0.1) is 6.92 Å². The van der Waals surface area contributed by atoms with E-state index in [1.165, 1.54) is 10.6 Å². The highest BCUT2D eigenvalue weighted by molar-refractivity contribution is 6.42. The molecule has 3 rings (SSSR count). The first-order chi connectivity index (χ1) is 11.0. The van der Waals surface area contributed by atoms with Crippen molar-refractivity contribution in [3.63, 3.8) is 0 Å². The molecule has 0 aliphatic rings. The molecule has 3 aromatic rings. The minimum Gasteiger partial charge on any atom is -0.292 e. The molecule has 6 heteroatoms. The van der Waals surface area contributed by atoms with Gasteiger partial charge in [-0.2, -0.15) is 0 Å². The molecule has 0 saturated carbocycles. The van der Waals surface area contributed by atoms with Crippen molar-refractivity contribution >= 4 is 39.9 Å². The molecule has 23 heavy (non-hydrogen) atoms. The Morgan fingerprint density at radius 3 is 2.61 bits per heavy atom. The van der Waals surface area contributed by atoms with E-state index in [0.717, 1.165) is 0 Å². The maximum absolute atomic E-state index is 12.6. The first-order valence-electron chi connectivity index (χ1n) is 6.92. The Bertz CT molecular complexity index is 980. The predicted octanol–water partition coefficient (Wildman–Crippen LogP) is 3.89. The Kier molecular flexibility index (Phi) is 4.20. The number of Topliss-reactive ketones (excluding diaryl/α,β-unsaturated/α-hetero) is 1. The lowest BCUT2D eigenvalue weighted by molar-refractivity contribution is 0.0969. The summed E-state index contributed by atoms with van der Waals surface area (Å²) >= 11 is 11.8. The number of ketones is 1. The van der Waals surface area contributed by atoms with E-state index in [2.05, 4.69) is 4.98 Å². The highest BCUT2D eigenvalue weighted by atomic mass is 35.5. The van der Waals surface area contributed by atoms with Crippen LogP contribution in [0.15, 0.2) is 47.3 Å². The van der Waals surface area contributed by atoms with E-state index in [4.69, 9.17) is 23.2 Å². The van der Waals surface area contributed by atoms with E-state index in [1.807, 2.05) is 6.07 Å². The second-order valence-electron chi connectivity index (χ2n) is 5.12. The number of fused-ring (bicyclic) bond motifs is 1. The highest BCUT2D eigenvalue weighted by Crippen LogP contribution is 2.23. The highest BCUT2D eigenvalue weighted by Gasteiger charge is 2.13. The normalized spacial score (nSPS) is 10.9. The van der Waals surface area contributed by atoms with Crippen LogP contribution < -0.4 is 5.56 Å². The first-order valence-corrected chi connectivity index (χ1v) is 7.67. The van der Waals surface area contributed by atoms with E-state index in [0.29, 0.717) is 32.3 Å². The minimum absolute atomic E-state index is 0.0968. The molecular formula is C17H12Cl2N2O2. The quantitative estimate of drug-likeness (QED) is 0.676. The van der Waals surface area contributed by atoms with Crippen molar-refractivity contribution in [1.29, 1.82) is 0 Å².